The predicted molar refractivity (Wildman–Crippen MR) is 185 cm³/mol. The third kappa shape index (κ3) is 8.30. The Labute approximate surface area is 272 Å². The average molecular weight is 618 g/mol. The zero-order valence-electron chi connectivity index (χ0n) is 26.6. The van der Waals surface area contributed by atoms with Crippen LogP contribution in [0.5, 0.6) is 5.75 Å². The molecule has 0 aromatic heterocycles. The van der Waals surface area contributed by atoms with Gasteiger partial charge in [-0.25, -0.2) is 4.99 Å². The van der Waals surface area contributed by atoms with Gasteiger partial charge in [0.15, 0.2) is 11.6 Å². The van der Waals surface area contributed by atoms with Crippen LogP contribution in [0.15, 0.2) is 120 Å². The largest absolute Gasteiger partial charge is 0.494 e. The number of aliphatic imine (C=N–C) groups is 1. The van der Waals surface area contributed by atoms with Crippen molar-refractivity contribution in [2.45, 2.75) is 30.9 Å². The van der Waals surface area contributed by atoms with Gasteiger partial charge >= 0.3 is 0 Å². The fourth-order valence-electron chi connectivity index (χ4n) is 5.49. The quantitative estimate of drug-likeness (QED) is 0.148. The van der Waals surface area contributed by atoms with Crippen LogP contribution >= 0.6 is 0 Å². The Hall–Kier alpha value is -4.72. The van der Waals surface area contributed by atoms with E-state index in [1.54, 1.807) is 0 Å². The lowest BCUT2D eigenvalue weighted by Crippen LogP contribution is -2.48. The standard InChI is InChI=1S/C39H43N3O4/c1-42(2)27-10-26-40-38(44)39(25-9-14-30-12-5-3-6-13-30)36(33-19-17-32(18-20-33)31-15-7-4-8-16-31)46-37(41-39)34-21-23-35(24-22-34)45-29-11-28-43/h3-9,12-24,36,43H,10-11,25-29H2,1-2H3,(H,40,44)/b14-9+/t36-,39-/m1/s1. The summed E-state index contributed by atoms with van der Waals surface area (Å²) in [6.45, 7) is 1.91. The molecule has 2 atom stereocenters. The van der Waals surface area contributed by atoms with Crippen LogP contribution in [0.2, 0.25) is 0 Å². The highest BCUT2D eigenvalue weighted by Crippen LogP contribution is 2.43. The molecule has 1 heterocycles. The molecule has 238 valence electrons. The predicted octanol–water partition coefficient (Wildman–Crippen LogP) is 6.54. The van der Waals surface area contributed by atoms with Crippen molar-refractivity contribution in [2.75, 3.05) is 40.4 Å². The summed E-state index contributed by atoms with van der Waals surface area (Å²) in [5.41, 5.74) is 3.66. The van der Waals surface area contributed by atoms with Crippen LogP contribution in [0.3, 0.4) is 0 Å². The number of nitrogens with one attached hydrogen (secondary N) is 1. The Bertz CT molecular complexity index is 1590. The normalized spacial score (nSPS) is 17.6. The first-order valence-corrected chi connectivity index (χ1v) is 15.9. The number of benzene rings is 4. The minimum Gasteiger partial charge on any atom is -0.494 e. The monoisotopic (exact) mass is 617 g/mol. The Balaban J connectivity index is 1.51. The van der Waals surface area contributed by atoms with Crippen LogP contribution in [-0.2, 0) is 9.53 Å². The first-order chi connectivity index (χ1) is 22.5. The third-order valence-electron chi connectivity index (χ3n) is 7.96. The van der Waals surface area contributed by atoms with Crippen molar-refractivity contribution in [3.63, 3.8) is 0 Å². The smallest absolute Gasteiger partial charge is 0.252 e. The van der Waals surface area contributed by atoms with E-state index in [0.717, 1.165) is 40.8 Å². The molecule has 4 aromatic carbocycles. The van der Waals surface area contributed by atoms with E-state index in [9.17, 15) is 4.79 Å². The molecule has 0 radical (unpaired) electrons. The van der Waals surface area contributed by atoms with E-state index < -0.39 is 11.6 Å². The van der Waals surface area contributed by atoms with Gasteiger partial charge in [-0.3, -0.25) is 4.79 Å². The van der Waals surface area contributed by atoms with Gasteiger partial charge in [0.1, 0.15) is 5.75 Å². The molecular weight excluding hydrogens is 574 g/mol. The van der Waals surface area contributed by atoms with Crippen molar-refractivity contribution < 1.29 is 19.4 Å². The van der Waals surface area contributed by atoms with Gasteiger partial charge in [0.05, 0.1) is 6.61 Å². The highest BCUT2D eigenvalue weighted by atomic mass is 16.5. The third-order valence-corrected chi connectivity index (χ3v) is 7.96. The van der Waals surface area contributed by atoms with Crippen molar-refractivity contribution in [1.29, 1.82) is 0 Å². The van der Waals surface area contributed by atoms with Gasteiger partial charge in [0.25, 0.3) is 5.91 Å². The van der Waals surface area contributed by atoms with Crippen molar-refractivity contribution in [3.05, 3.63) is 132 Å². The number of carbonyl (C=O) groups excluding carboxylic acids is 1. The summed E-state index contributed by atoms with van der Waals surface area (Å²) in [7, 11) is 4.05. The van der Waals surface area contributed by atoms with Crippen LogP contribution in [0.25, 0.3) is 17.2 Å². The van der Waals surface area contributed by atoms with E-state index in [1.165, 1.54) is 0 Å². The summed E-state index contributed by atoms with van der Waals surface area (Å²) in [6.07, 6.45) is 5.13. The lowest BCUT2D eigenvalue weighted by atomic mass is 9.83. The Kier molecular flexibility index (Phi) is 11.4. The summed E-state index contributed by atoms with van der Waals surface area (Å²) in [5, 5.41) is 12.3. The van der Waals surface area contributed by atoms with Crippen molar-refractivity contribution in [1.82, 2.24) is 10.2 Å². The van der Waals surface area contributed by atoms with E-state index in [4.69, 9.17) is 19.6 Å². The van der Waals surface area contributed by atoms with Crippen LogP contribution < -0.4 is 10.1 Å². The number of nitrogens with zero attached hydrogens (tertiary/aromatic N) is 2. The number of ether oxygens (including phenoxy) is 2. The molecule has 46 heavy (non-hydrogen) atoms. The molecule has 0 spiro atoms. The first kappa shape index (κ1) is 32.7. The van der Waals surface area contributed by atoms with Gasteiger partial charge in [-0.05, 0) is 73.6 Å². The van der Waals surface area contributed by atoms with Crippen LogP contribution in [0.4, 0.5) is 0 Å². The Morgan fingerprint density at radius 3 is 2.22 bits per heavy atom. The van der Waals surface area contributed by atoms with Gasteiger partial charge in [0.2, 0.25) is 5.90 Å². The molecule has 0 saturated heterocycles. The lowest BCUT2D eigenvalue weighted by molar-refractivity contribution is -0.128. The number of carbonyl (C=O) groups is 1. The molecule has 0 saturated carbocycles. The number of hydrogen-bond acceptors (Lipinski definition) is 6. The molecule has 0 bridgehead atoms. The number of amides is 1. The zero-order valence-corrected chi connectivity index (χ0v) is 26.6. The molecular formula is C39H43N3O4. The zero-order chi connectivity index (χ0) is 32.2. The summed E-state index contributed by atoms with van der Waals surface area (Å²) >= 11 is 0. The second-order valence-corrected chi connectivity index (χ2v) is 11.7. The number of hydrogen-bond donors (Lipinski definition) is 2. The van der Waals surface area contributed by atoms with E-state index in [2.05, 4.69) is 34.5 Å². The van der Waals surface area contributed by atoms with Crippen LogP contribution in [-0.4, -0.2) is 67.7 Å². The van der Waals surface area contributed by atoms with Gasteiger partial charge in [-0.1, -0.05) is 97.1 Å². The molecule has 2 N–H and O–H groups in total. The molecule has 0 aliphatic carbocycles. The van der Waals surface area contributed by atoms with Gasteiger partial charge in [-0.2, -0.15) is 0 Å². The first-order valence-electron chi connectivity index (χ1n) is 15.9. The molecule has 0 unspecified atom stereocenters. The van der Waals surface area contributed by atoms with Crippen molar-refractivity contribution in [2.24, 2.45) is 4.99 Å². The van der Waals surface area contributed by atoms with Gasteiger partial charge in [-0.15, -0.1) is 0 Å². The number of aliphatic hydroxyl groups excluding tert-OH is 1. The fourth-order valence-corrected chi connectivity index (χ4v) is 5.49. The minimum atomic E-state index is -1.23. The Morgan fingerprint density at radius 2 is 1.54 bits per heavy atom. The number of rotatable bonds is 15. The van der Waals surface area contributed by atoms with Crippen molar-refractivity contribution >= 4 is 17.9 Å². The van der Waals surface area contributed by atoms with Gasteiger partial charge in [0, 0.05) is 31.6 Å². The van der Waals surface area contributed by atoms with E-state index in [0.29, 0.717) is 37.6 Å². The number of aliphatic hydroxyl groups is 1. The highest BCUT2D eigenvalue weighted by Gasteiger charge is 2.52. The topological polar surface area (TPSA) is 83.4 Å². The Morgan fingerprint density at radius 1 is 0.891 bits per heavy atom. The molecule has 1 aliphatic heterocycles. The molecule has 0 fully saturated rings. The van der Waals surface area contributed by atoms with E-state index in [-0.39, 0.29) is 12.5 Å². The summed E-state index contributed by atoms with van der Waals surface area (Å²) in [6, 6.07) is 36.0. The van der Waals surface area contributed by atoms with Crippen LogP contribution in [0.1, 0.15) is 42.1 Å². The second kappa shape index (κ2) is 16.0. The van der Waals surface area contributed by atoms with E-state index in [1.807, 2.05) is 111 Å². The molecule has 5 rings (SSSR count). The van der Waals surface area contributed by atoms with Crippen LogP contribution in [0, 0.1) is 0 Å². The maximum Gasteiger partial charge on any atom is 0.252 e. The van der Waals surface area contributed by atoms with Gasteiger partial charge < -0.3 is 24.8 Å². The molecule has 7 nitrogen and oxygen atoms in total. The maximum atomic E-state index is 14.3. The van der Waals surface area contributed by atoms with E-state index >= 15 is 0 Å². The molecule has 1 aliphatic rings. The summed E-state index contributed by atoms with van der Waals surface area (Å²) in [4.78, 5) is 21.5. The summed E-state index contributed by atoms with van der Waals surface area (Å²) in [5.74, 6) is 0.940. The van der Waals surface area contributed by atoms with Crippen molar-refractivity contribution in [3.8, 4) is 16.9 Å². The molecule has 4 aromatic rings. The summed E-state index contributed by atoms with van der Waals surface area (Å²) < 4.78 is 12.4. The molecule has 1 amide bonds. The lowest BCUT2D eigenvalue weighted by Gasteiger charge is -2.30. The maximum absolute atomic E-state index is 14.3. The SMILES string of the molecule is CN(C)CCCNC(=O)[C@]1(C/C=C/c2ccccc2)N=C(c2ccc(OCCCO)cc2)O[C@@H]1c1ccc(-c2ccccc2)cc1. The highest BCUT2D eigenvalue weighted by molar-refractivity contribution is 6.01. The molecule has 7 heteroatoms. The minimum absolute atomic E-state index is 0.0778. The second-order valence-electron chi connectivity index (χ2n) is 11.7. The average Bonchev–Trinajstić information content (AvgIpc) is 3.48. The fraction of sp³-hybridized carbons (Fsp3) is 0.282.